The lowest BCUT2D eigenvalue weighted by molar-refractivity contribution is 0.0954. The fraction of sp³-hybridized carbons (Fsp3) is 0.286. The highest BCUT2D eigenvalue weighted by Gasteiger charge is 2.29. The van der Waals surface area contributed by atoms with E-state index in [9.17, 15) is 4.79 Å². The molecule has 2 aliphatic heterocycles. The van der Waals surface area contributed by atoms with E-state index >= 15 is 0 Å². The van der Waals surface area contributed by atoms with Gasteiger partial charge in [0.05, 0.1) is 18.9 Å². The number of morpholine rings is 1. The second-order valence-electron chi connectivity index (χ2n) is 9.42. The molecule has 5 heterocycles. The number of nitrogens with zero attached hydrogens (tertiary/aromatic N) is 7. The van der Waals surface area contributed by atoms with Crippen molar-refractivity contribution in [3.8, 4) is 11.3 Å². The zero-order valence-electron chi connectivity index (χ0n) is 21.5. The third kappa shape index (κ3) is 5.34. The first-order valence-corrected chi connectivity index (χ1v) is 13.0. The van der Waals surface area contributed by atoms with Crippen LogP contribution < -0.4 is 20.9 Å². The van der Waals surface area contributed by atoms with Crippen molar-refractivity contribution in [2.45, 2.75) is 12.8 Å². The molecule has 0 atom stereocenters. The van der Waals surface area contributed by atoms with Gasteiger partial charge in [0.2, 0.25) is 11.9 Å². The Bertz CT molecular complexity index is 1440. The number of hydrogen-bond donors (Lipinski definition) is 2. The number of pyridine rings is 1. The van der Waals surface area contributed by atoms with E-state index in [2.05, 4.69) is 30.1 Å². The van der Waals surface area contributed by atoms with Gasteiger partial charge in [0.25, 0.3) is 5.91 Å². The number of ether oxygens (including phenoxy) is 1. The van der Waals surface area contributed by atoms with Crippen LogP contribution in [0.25, 0.3) is 11.3 Å². The lowest BCUT2D eigenvalue weighted by Gasteiger charge is -2.28. The molecule has 0 unspecified atom stereocenters. The monoisotopic (exact) mass is 523 g/mol. The summed E-state index contributed by atoms with van der Waals surface area (Å²) in [7, 11) is 0. The molecule has 39 heavy (non-hydrogen) atoms. The topological polar surface area (TPSA) is 135 Å². The summed E-state index contributed by atoms with van der Waals surface area (Å²) in [6.07, 6.45) is 8.47. The Morgan fingerprint density at radius 2 is 1.79 bits per heavy atom. The molecule has 0 spiro atoms. The van der Waals surface area contributed by atoms with Gasteiger partial charge < -0.3 is 25.6 Å². The maximum atomic E-state index is 12.7. The summed E-state index contributed by atoms with van der Waals surface area (Å²) < 4.78 is 5.53. The highest BCUT2D eigenvalue weighted by atomic mass is 16.5. The fourth-order valence-electron chi connectivity index (χ4n) is 4.86. The van der Waals surface area contributed by atoms with Gasteiger partial charge >= 0.3 is 0 Å². The van der Waals surface area contributed by atoms with Gasteiger partial charge in [0.15, 0.2) is 0 Å². The Labute approximate surface area is 226 Å². The van der Waals surface area contributed by atoms with Crippen LogP contribution in [0.15, 0.2) is 61.2 Å². The molecule has 198 valence electrons. The molecule has 0 bridgehead atoms. The summed E-state index contributed by atoms with van der Waals surface area (Å²) in [5.74, 6) is 1.63. The van der Waals surface area contributed by atoms with E-state index in [0.717, 1.165) is 66.4 Å². The van der Waals surface area contributed by atoms with Crippen molar-refractivity contribution in [2.24, 2.45) is 0 Å². The lowest BCUT2D eigenvalue weighted by atomic mass is 10.1. The van der Waals surface area contributed by atoms with E-state index in [-0.39, 0.29) is 11.9 Å². The number of anilines is 4. The number of rotatable bonds is 7. The SMILES string of the molecule is Nc1ncc(-c2nc(N3CCOCC3)nc3c2CCN3c2ccc(C(=O)NCCc3cccnc3)cc2)cn1. The molecule has 1 fully saturated rings. The molecule has 6 rings (SSSR count). The highest BCUT2D eigenvalue weighted by molar-refractivity contribution is 5.94. The minimum atomic E-state index is -0.102. The molecule has 0 radical (unpaired) electrons. The van der Waals surface area contributed by atoms with Gasteiger partial charge in [-0.1, -0.05) is 6.07 Å². The second kappa shape index (κ2) is 11.0. The van der Waals surface area contributed by atoms with Crippen LogP contribution in [0.4, 0.5) is 23.4 Å². The summed E-state index contributed by atoms with van der Waals surface area (Å²) in [6, 6.07) is 11.5. The lowest BCUT2D eigenvalue weighted by Crippen LogP contribution is -2.37. The number of carbonyl (C=O) groups is 1. The molecule has 3 aromatic heterocycles. The van der Waals surface area contributed by atoms with E-state index < -0.39 is 0 Å². The first-order valence-electron chi connectivity index (χ1n) is 13.0. The summed E-state index contributed by atoms with van der Waals surface area (Å²) in [4.78, 5) is 39.4. The van der Waals surface area contributed by atoms with E-state index in [0.29, 0.717) is 31.3 Å². The van der Waals surface area contributed by atoms with Crippen molar-refractivity contribution >= 4 is 29.3 Å². The zero-order valence-corrected chi connectivity index (χ0v) is 21.5. The number of fused-ring (bicyclic) bond motifs is 1. The number of hydrogen-bond acceptors (Lipinski definition) is 10. The van der Waals surface area contributed by atoms with E-state index in [1.54, 1.807) is 18.6 Å². The molecular weight excluding hydrogens is 494 g/mol. The number of nitrogen functional groups attached to an aromatic ring is 1. The van der Waals surface area contributed by atoms with Gasteiger partial charge in [-0.25, -0.2) is 15.0 Å². The number of carbonyl (C=O) groups excluding carboxylic acids is 1. The molecular formula is C28H29N9O2. The maximum Gasteiger partial charge on any atom is 0.251 e. The van der Waals surface area contributed by atoms with Gasteiger partial charge in [-0.05, 0) is 48.7 Å². The van der Waals surface area contributed by atoms with Crippen LogP contribution in [-0.4, -0.2) is 70.2 Å². The number of benzene rings is 1. The predicted molar refractivity (Wildman–Crippen MR) is 148 cm³/mol. The van der Waals surface area contributed by atoms with Crippen LogP contribution in [0.1, 0.15) is 21.5 Å². The van der Waals surface area contributed by atoms with Crippen molar-refractivity contribution in [2.75, 3.05) is 54.9 Å². The highest BCUT2D eigenvalue weighted by Crippen LogP contribution is 2.39. The van der Waals surface area contributed by atoms with Gasteiger partial charge in [-0.2, -0.15) is 4.98 Å². The average molecular weight is 524 g/mol. The van der Waals surface area contributed by atoms with Crippen molar-refractivity contribution in [3.63, 3.8) is 0 Å². The standard InChI is InChI=1S/C28H29N9O2/c29-27-32-17-21(18-33-27)24-23-8-11-37(25(23)35-28(34-24)36-12-14-39-15-13-36)22-5-3-20(4-6-22)26(38)31-10-7-19-2-1-9-30-16-19/h1-6,9,16-18H,7-8,10-15H2,(H,31,38)(H2,29,32,33). The Morgan fingerprint density at radius 1 is 1.00 bits per heavy atom. The molecule has 2 aliphatic rings. The van der Waals surface area contributed by atoms with E-state index in [4.69, 9.17) is 20.4 Å². The van der Waals surface area contributed by atoms with E-state index in [1.165, 1.54) is 0 Å². The van der Waals surface area contributed by atoms with Gasteiger partial charge in [0, 0.05) is 73.3 Å². The van der Waals surface area contributed by atoms with Gasteiger partial charge in [-0.3, -0.25) is 9.78 Å². The predicted octanol–water partition coefficient (Wildman–Crippen LogP) is 2.41. The van der Waals surface area contributed by atoms with Crippen molar-refractivity contribution in [1.29, 1.82) is 0 Å². The molecule has 1 amide bonds. The Hall–Kier alpha value is -4.64. The smallest absolute Gasteiger partial charge is 0.251 e. The third-order valence-electron chi connectivity index (χ3n) is 6.92. The first kappa shape index (κ1) is 24.7. The van der Waals surface area contributed by atoms with Gasteiger partial charge in [-0.15, -0.1) is 0 Å². The molecule has 4 aromatic rings. The number of nitrogens with two attached hydrogens (primary N) is 1. The first-order chi connectivity index (χ1) is 19.2. The van der Waals surface area contributed by atoms with Crippen LogP contribution in [0.3, 0.4) is 0 Å². The zero-order chi connectivity index (χ0) is 26.6. The molecule has 1 aromatic carbocycles. The number of nitrogens with one attached hydrogen (secondary N) is 1. The van der Waals surface area contributed by atoms with Crippen LogP contribution in [0.2, 0.25) is 0 Å². The average Bonchev–Trinajstić information content (AvgIpc) is 3.42. The minimum Gasteiger partial charge on any atom is -0.378 e. The molecule has 3 N–H and O–H groups in total. The summed E-state index contributed by atoms with van der Waals surface area (Å²) in [5.41, 5.74) is 11.1. The van der Waals surface area contributed by atoms with Crippen LogP contribution in [-0.2, 0) is 17.6 Å². The number of aromatic nitrogens is 5. The Morgan fingerprint density at radius 3 is 2.54 bits per heavy atom. The molecule has 11 nitrogen and oxygen atoms in total. The summed E-state index contributed by atoms with van der Waals surface area (Å²) in [6.45, 7) is 4.01. The largest absolute Gasteiger partial charge is 0.378 e. The molecule has 1 saturated heterocycles. The molecule has 11 heteroatoms. The quantitative estimate of drug-likeness (QED) is 0.372. The van der Waals surface area contributed by atoms with Crippen molar-refractivity contribution < 1.29 is 9.53 Å². The molecule has 0 aliphatic carbocycles. The van der Waals surface area contributed by atoms with E-state index in [1.807, 2.05) is 42.6 Å². The van der Waals surface area contributed by atoms with Crippen molar-refractivity contribution in [3.05, 3.63) is 77.9 Å². The maximum absolute atomic E-state index is 12.7. The third-order valence-corrected chi connectivity index (χ3v) is 6.92. The molecule has 0 saturated carbocycles. The minimum absolute atomic E-state index is 0.102. The van der Waals surface area contributed by atoms with Gasteiger partial charge in [0.1, 0.15) is 5.82 Å². The Balaban J connectivity index is 1.24. The fourth-order valence-corrected chi connectivity index (χ4v) is 4.86. The van der Waals surface area contributed by atoms with Crippen LogP contribution in [0, 0.1) is 0 Å². The second-order valence-corrected chi connectivity index (χ2v) is 9.42. The van der Waals surface area contributed by atoms with Crippen LogP contribution >= 0.6 is 0 Å². The number of amides is 1. The van der Waals surface area contributed by atoms with Crippen molar-refractivity contribution in [1.82, 2.24) is 30.2 Å². The summed E-state index contributed by atoms with van der Waals surface area (Å²) in [5, 5.41) is 2.99. The normalized spacial score (nSPS) is 14.8. The van der Waals surface area contributed by atoms with Crippen LogP contribution in [0.5, 0.6) is 0 Å². The summed E-state index contributed by atoms with van der Waals surface area (Å²) >= 11 is 0. The Kier molecular flexibility index (Phi) is 6.96.